The molecule has 1 aliphatic rings. The minimum absolute atomic E-state index is 0.142. The molecule has 2 N–H and O–H groups in total. The van der Waals surface area contributed by atoms with Crippen molar-refractivity contribution in [2.75, 3.05) is 6.54 Å². The molecule has 0 atom stereocenters. The molecule has 0 spiro atoms. The van der Waals surface area contributed by atoms with E-state index < -0.39 is 10.0 Å². The molecule has 112 valence electrons. The Bertz CT molecular complexity index is 577. The zero-order valence-corrected chi connectivity index (χ0v) is 13.0. The van der Waals surface area contributed by atoms with Crippen LogP contribution in [-0.4, -0.2) is 20.1 Å². The van der Waals surface area contributed by atoms with Crippen LogP contribution in [0.25, 0.3) is 0 Å². The Morgan fingerprint density at radius 2 is 1.95 bits per heavy atom. The fourth-order valence-corrected chi connectivity index (χ4v) is 3.91. The summed E-state index contributed by atoms with van der Waals surface area (Å²) < 4.78 is 27.3. The smallest absolute Gasteiger partial charge is 0.240 e. The van der Waals surface area contributed by atoms with Gasteiger partial charge in [-0.25, -0.2) is 13.1 Å². The predicted octanol–water partition coefficient (Wildman–Crippen LogP) is 2.26. The molecule has 0 amide bonds. The van der Waals surface area contributed by atoms with Crippen molar-refractivity contribution < 1.29 is 13.5 Å². The minimum Gasteiger partial charge on any atom is -0.392 e. The van der Waals surface area contributed by atoms with E-state index >= 15 is 0 Å². The number of rotatable bonds is 6. The van der Waals surface area contributed by atoms with Gasteiger partial charge in [-0.2, -0.15) is 0 Å². The highest BCUT2D eigenvalue weighted by molar-refractivity contribution is 7.89. The van der Waals surface area contributed by atoms with Crippen LogP contribution in [0, 0.1) is 19.8 Å². The summed E-state index contributed by atoms with van der Waals surface area (Å²) in [6.07, 6.45) is 4.63. The monoisotopic (exact) mass is 297 g/mol. The molecule has 0 saturated heterocycles. The Hall–Kier alpha value is -0.910. The van der Waals surface area contributed by atoms with E-state index in [1.165, 1.54) is 19.3 Å². The van der Waals surface area contributed by atoms with Gasteiger partial charge in [-0.15, -0.1) is 0 Å². The fourth-order valence-electron chi connectivity index (χ4n) is 2.59. The Kier molecular flexibility index (Phi) is 4.83. The number of aliphatic hydroxyl groups is 1. The normalized spacial score (nSPS) is 16.1. The van der Waals surface area contributed by atoms with Gasteiger partial charge >= 0.3 is 0 Å². The molecule has 0 aliphatic heterocycles. The molecule has 0 heterocycles. The van der Waals surface area contributed by atoms with E-state index in [0.29, 0.717) is 18.0 Å². The van der Waals surface area contributed by atoms with Crippen LogP contribution in [0.3, 0.4) is 0 Å². The first kappa shape index (κ1) is 15.5. The van der Waals surface area contributed by atoms with Gasteiger partial charge in [0.2, 0.25) is 10.0 Å². The van der Waals surface area contributed by atoms with Gasteiger partial charge in [-0.1, -0.05) is 25.3 Å². The number of aliphatic hydroxyl groups excluding tert-OH is 1. The number of nitrogens with one attached hydrogen (secondary N) is 1. The lowest BCUT2D eigenvalue weighted by molar-refractivity contribution is 0.280. The van der Waals surface area contributed by atoms with Crippen molar-refractivity contribution >= 4 is 10.0 Å². The first-order valence-electron chi connectivity index (χ1n) is 7.14. The van der Waals surface area contributed by atoms with Crippen molar-refractivity contribution in [3.05, 3.63) is 28.8 Å². The average Bonchev–Trinajstić information content (AvgIpc) is 2.32. The van der Waals surface area contributed by atoms with E-state index in [9.17, 15) is 13.5 Å². The van der Waals surface area contributed by atoms with E-state index in [-0.39, 0.29) is 11.5 Å². The molecule has 5 heteroatoms. The second-order valence-corrected chi connectivity index (χ2v) is 7.42. The minimum atomic E-state index is -3.48. The molecule has 0 aromatic heterocycles. The topological polar surface area (TPSA) is 66.4 Å². The molecule has 1 aromatic carbocycles. The van der Waals surface area contributed by atoms with Crippen molar-refractivity contribution in [1.82, 2.24) is 4.72 Å². The van der Waals surface area contributed by atoms with Gasteiger partial charge in [-0.3, -0.25) is 0 Å². The van der Waals surface area contributed by atoms with Crippen molar-refractivity contribution in [2.45, 2.75) is 51.0 Å². The number of sulfonamides is 1. The molecule has 0 bridgehead atoms. The highest BCUT2D eigenvalue weighted by Crippen LogP contribution is 2.29. The summed E-state index contributed by atoms with van der Waals surface area (Å²) in [4.78, 5) is 0.278. The van der Waals surface area contributed by atoms with Gasteiger partial charge in [0.1, 0.15) is 0 Å². The van der Waals surface area contributed by atoms with E-state index in [2.05, 4.69) is 4.72 Å². The zero-order valence-electron chi connectivity index (χ0n) is 12.1. The summed E-state index contributed by atoms with van der Waals surface area (Å²) in [6, 6.07) is 3.39. The van der Waals surface area contributed by atoms with Crippen molar-refractivity contribution in [3.8, 4) is 0 Å². The maximum absolute atomic E-state index is 12.3. The second-order valence-electron chi connectivity index (χ2n) is 5.69. The average molecular weight is 297 g/mol. The van der Waals surface area contributed by atoms with E-state index in [0.717, 1.165) is 17.5 Å². The van der Waals surface area contributed by atoms with Gasteiger partial charge in [0.15, 0.2) is 0 Å². The summed E-state index contributed by atoms with van der Waals surface area (Å²) >= 11 is 0. The molecule has 0 radical (unpaired) electrons. The summed E-state index contributed by atoms with van der Waals surface area (Å²) in [7, 11) is -3.48. The SMILES string of the molecule is Cc1cc(C)c(S(=O)(=O)NCCC2CCC2)cc1CO. The number of aryl methyl sites for hydroxylation is 2. The van der Waals surface area contributed by atoms with Gasteiger partial charge < -0.3 is 5.11 Å². The second kappa shape index (κ2) is 6.24. The lowest BCUT2D eigenvalue weighted by atomic mass is 9.83. The molecule has 4 nitrogen and oxygen atoms in total. The van der Waals surface area contributed by atoms with Crippen molar-refractivity contribution in [1.29, 1.82) is 0 Å². The van der Waals surface area contributed by atoms with E-state index in [4.69, 9.17) is 0 Å². The highest BCUT2D eigenvalue weighted by Gasteiger charge is 2.21. The molecule has 1 aliphatic carbocycles. The Labute approximate surface area is 121 Å². The third-order valence-corrected chi connectivity index (χ3v) is 5.77. The van der Waals surface area contributed by atoms with Crippen LogP contribution in [0.4, 0.5) is 0 Å². The highest BCUT2D eigenvalue weighted by atomic mass is 32.2. The number of hydrogen-bond donors (Lipinski definition) is 2. The van der Waals surface area contributed by atoms with Gasteiger partial charge in [0, 0.05) is 6.54 Å². The molecule has 2 rings (SSSR count). The third-order valence-electron chi connectivity index (χ3n) is 4.16. The van der Waals surface area contributed by atoms with Crippen LogP contribution in [-0.2, 0) is 16.6 Å². The lowest BCUT2D eigenvalue weighted by Gasteiger charge is -2.25. The van der Waals surface area contributed by atoms with Gasteiger partial charge in [0.05, 0.1) is 11.5 Å². The maximum atomic E-state index is 12.3. The Morgan fingerprint density at radius 3 is 2.50 bits per heavy atom. The van der Waals surface area contributed by atoms with Crippen LogP contribution in [0.1, 0.15) is 42.4 Å². The standard InChI is InChI=1S/C15H23NO3S/c1-11-8-12(2)15(9-14(11)10-17)20(18,19)16-7-6-13-4-3-5-13/h8-9,13,16-17H,3-7,10H2,1-2H3. The number of benzene rings is 1. The largest absolute Gasteiger partial charge is 0.392 e. The quantitative estimate of drug-likeness (QED) is 0.846. The van der Waals surface area contributed by atoms with Crippen LogP contribution >= 0.6 is 0 Å². The third kappa shape index (κ3) is 3.40. The van der Waals surface area contributed by atoms with Crippen molar-refractivity contribution in [3.63, 3.8) is 0 Å². The van der Waals surface area contributed by atoms with Gasteiger partial charge in [0.25, 0.3) is 0 Å². The molecule has 0 unspecified atom stereocenters. The van der Waals surface area contributed by atoms with Gasteiger partial charge in [-0.05, 0) is 48.9 Å². The summed E-state index contributed by atoms with van der Waals surface area (Å²) in [5.74, 6) is 0.685. The van der Waals surface area contributed by atoms with Crippen LogP contribution in [0.15, 0.2) is 17.0 Å². The summed E-state index contributed by atoms with van der Waals surface area (Å²) in [5, 5.41) is 9.27. The van der Waals surface area contributed by atoms with E-state index in [1.807, 2.05) is 13.0 Å². The zero-order chi connectivity index (χ0) is 14.8. The maximum Gasteiger partial charge on any atom is 0.240 e. The molecule has 1 aromatic rings. The summed E-state index contributed by atoms with van der Waals surface area (Å²) in [6.45, 7) is 4.01. The van der Waals surface area contributed by atoms with Crippen LogP contribution < -0.4 is 4.72 Å². The molecule has 1 saturated carbocycles. The van der Waals surface area contributed by atoms with Crippen LogP contribution in [0.2, 0.25) is 0 Å². The first-order valence-corrected chi connectivity index (χ1v) is 8.63. The first-order chi connectivity index (χ1) is 9.44. The Balaban J connectivity index is 2.11. The summed E-state index contributed by atoms with van der Waals surface area (Å²) in [5.41, 5.74) is 2.30. The fraction of sp³-hybridized carbons (Fsp3) is 0.600. The molecular weight excluding hydrogens is 274 g/mol. The molecular formula is C15H23NO3S. The Morgan fingerprint density at radius 1 is 1.25 bits per heavy atom. The van der Waals surface area contributed by atoms with Crippen molar-refractivity contribution in [2.24, 2.45) is 5.92 Å². The molecule has 20 heavy (non-hydrogen) atoms. The lowest BCUT2D eigenvalue weighted by Crippen LogP contribution is -2.28. The van der Waals surface area contributed by atoms with E-state index in [1.54, 1.807) is 13.0 Å². The number of hydrogen-bond acceptors (Lipinski definition) is 3. The van der Waals surface area contributed by atoms with Crippen LogP contribution in [0.5, 0.6) is 0 Å². The predicted molar refractivity (Wildman–Crippen MR) is 79.0 cm³/mol. The molecule has 1 fully saturated rings.